The van der Waals surface area contributed by atoms with Crippen LogP contribution in [0, 0.1) is 6.92 Å². The van der Waals surface area contributed by atoms with Crippen molar-refractivity contribution in [1.82, 2.24) is 10.3 Å². The topological polar surface area (TPSA) is 42.0 Å². The average molecular weight is 219 g/mol. The molecule has 5 heteroatoms. The van der Waals surface area contributed by atoms with Gasteiger partial charge in [0.25, 0.3) is 5.91 Å². The summed E-state index contributed by atoms with van der Waals surface area (Å²) in [5.74, 6) is -0.292. The number of carbonyl (C=O) groups is 1. The molecule has 0 aromatic carbocycles. The predicted molar refractivity (Wildman–Crippen MR) is 52.4 cm³/mol. The van der Waals surface area contributed by atoms with Crippen LogP contribution < -0.4 is 5.32 Å². The van der Waals surface area contributed by atoms with Gasteiger partial charge in [0.2, 0.25) is 0 Å². The lowest BCUT2D eigenvalue weighted by molar-refractivity contribution is 0.0963. The average Bonchev–Trinajstić information content (AvgIpc) is 2.13. The molecular weight excluding hydrogens is 211 g/mol. The van der Waals surface area contributed by atoms with Crippen LogP contribution in [0.4, 0.5) is 0 Å². The standard InChI is InChI=1S/C8H8Cl2N2O/c1-4-6(9)7(10)5(3-12-4)8(13)11-2/h3H,1-2H3,(H,11,13). The molecule has 1 rings (SSSR count). The van der Waals surface area contributed by atoms with E-state index in [1.165, 1.54) is 13.2 Å². The lowest BCUT2D eigenvalue weighted by atomic mass is 10.2. The molecule has 0 fully saturated rings. The van der Waals surface area contributed by atoms with Crippen molar-refractivity contribution < 1.29 is 4.79 Å². The molecule has 0 aliphatic carbocycles. The third-order valence-electron chi connectivity index (χ3n) is 1.61. The van der Waals surface area contributed by atoms with Crippen LogP contribution in [0.25, 0.3) is 0 Å². The van der Waals surface area contributed by atoms with Crippen molar-refractivity contribution in [3.8, 4) is 0 Å². The summed E-state index contributed by atoms with van der Waals surface area (Å²) in [6.07, 6.45) is 1.41. The van der Waals surface area contributed by atoms with Gasteiger partial charge in [0.05, 0.1) is 21.3 Å². The number of nitrogens with zero attached hydrogens (tertiary/aromatic N) is 1. The van der Waals surface area contributed by atoms with E-state index in [9.17, 15) is 4.79 Å². The van der Waals surface area contributed by atoms with Crippen molar-refractivity contribution in [2.45, 2.75) is 6.92 Å². The van der Waals surface area contributed by atoms with E-state index in [-0.39, 0.29) is 10.9 Å². The first-order valence-electron chi connectivity index (χ1n) is 3.60. The highest BCUT2D eigenvalue weighted by molar-refractivity contribution is 6.44. The van der Waals surface area contributed by atoms with E-state index in [2.05, 4.69) is 10.3 Å². The third kappa shape index (κ3) is 1.92. The summed E-state index contributed by atoms with van der Waals surface area (Å²) in [5, 5.41) is 3.01. The molecule has 0 saturated heterocycles. The van der Waals surface area contributed by atoms with Crippen molar-refractivity contribution in [3.63, 3.8) is 0 Å². The second-order valence-corrected chi connectivity index (χ2v) is 3.22. The van der Waals surface area contributed by atoms with Crippen molar-refractivity contribution >= 4 is 29.1 Å². The normalized spacial score (nSPS) is 9.85. The van der Waals surface area contributed by atoms with Gasteiger partial charge in [-0.15, -0.1) is 0 Å². The summed E-state index contributed by atoms with van der Waals surface area (Å²) < 4.78 is 0. The minimum atomic E-state index is -0.292. The molecule has 0 unspecified atom stereocenters. The number of halogens is 2. The van der Waals surface area contributed by atoms with Crippen LogP contribution in [0.3, 0.4) is 0 Å². The zero-order chi connectivity index (χ0) is 10.0. The molecule has 0 radical (unpaired) electrons. The molecule has 0 aliphatic rings. The first kappa shape index (κ1) is 10.3. The molecular formula is C8H8Cl2N2O. The molecule has 1 aromatic heterocycles. The van der Waals surface area contributed by atoms with Gasteiger partial charge in [-0.05, 0) is 6.92 Å². The summed E-state index contributed by atoms with van der Waals surface area (Å²) in [6, 6.07) is 0. The second kappa shape index (κ2) is 3.94. The fourth-order valence-corrected chi connectivity index (χ4v) is 1.27. The van der Waals surface area contributed by atoms with Gasteiger partial charge in [0.15, 0.2) is 0 Å². The minimum Gasteiger partial charge on any atom is -0.355 e. The van der Waals surface area contributed by atoms with Gasteiger partial charge < -0.3 is 5.32 Å². The highest BCUT2D eigenvalue weighted by Gasteiger charge is 2.13. The predicted octanol–water partition coefficient (Wildman–Crippen LogP) is 2.06. The van der Waals surface area contributed by atoms with Crippen LogP contribution in [0.5, 0.6) is 0 Å². The lowest BCUT2D eigenvalue weighted by Gasteiger charge is -2.05. The Morgan fingerprint density at radius 2 is 2.08 bits per heavy atom. The molecule has 1 heterocycles. The van der Waals surface area contributed by atoms with Gasteiger partial charge >= 0.3 is 0 Å². The Morgan fingerprint density at radius 1 is 1.46 bits per heavy atom. The highest BCUT2D eigenvalue weighted by Crippen LogP contribution is 2.27. The van der Waals surface area contributed by atoms with Crippen molar-refractivity contribution in [2.75, 3.05) is 7.05 Å². The van der Waals surface area contributed by atoms with E-state index < -0.39 is 0 Å². The number of aryl methyl sites for hydroxylation is 1. The van der Waals surface area contributed by atoms with Crippen LogP contribution in [-0.2, 0) is 0 Å². The SMILES string of the molecule is CNC(=O)c1cnc(C)c(Cl)c1Cl. The van der Waals surface area contributed by atoms with E-state index in [1.807, 2.05) is 0 Å². The molecule has 0 bridgehead atoms. The maximum atomic E-state index is 11.2. The largest absolute Gasteiger partial charge is 0.355 e. The number of pyridine rings is 1. The third-order valence-corrected chi connectivity index (χ3v) is 2.56. The molecule has 1 amide bonds. The molecule has 1 aromatic rings. The molecule has 1 N–H and O–H groups in total. The van der Waals surface area contributed by atoms with E-state index in [0.717, 1.165) is 0 Å². The smallest absolute Gasteiger partial charge is 0.254 e. The van der Waals surface area contributed by atoms with Gasteiger partial charge in [-0.3, -0.25) is 9.78 Å². The van der Waals surface area contributed by atoms with Gasteiger partial charge in [0.1, 0.15) is 0 Å². The van der Waals surface area contributed by atoms with Gasteiger partial charge in [-0.1, -0.05) is 23.2 Å². The molecule has 3 nitrogen and oxygen atoms in total. The Hall–Kier alpha value is -0.800. The monoisotopic (exact) mass is 218 g/mol. The Bertz CT molecular complexity index is 352. The number of rotatable bonds is 1. The molecule has 0 saturated carbocycles. The van der Waals surface area contributed by atoms with Crippen LogP contribution in [0.1, 0.15) is 16.1 Å². The Balaban J connectivity index is 3.26. The molecule has 0 spiro atoms. The first-order chi connectivity index (χ1) is 6.07. The summed E-state index contributed by atoms with van der Waals surface area (Å²) in [5.41, 5.74) is 0.902. The Kier molecular flexibility index (Phi) is 3.12. The zero-order valence-corrected chi connectivity index (χ0v) is 8.70. The minimum absolute atomic E-state index is 0.244. The Labute approximate surface area is 86.1 Å². The summed E-state index contributed by atoms with van der Waals surface area (Å²) >= 11 is 11.6. The van der Waals surface area contributed by atoms with Gasteiger partial charge in [-0.2, -0.15) is 0 Å². The molecule has 70 valence electrons. The van der Waals surface area contributed by atoms with Crippen LogP contribution >= 0.6 is 23.2 Å². The van der Waals surface area contributed by atoms with Gasteiger partial charge in [0, 0.05) is 13.2 Å². The number of hydrogen-bond donors (Lipinski definition) is 1. The van der Waals surface area contributed by atoms with E-state index in [0.29, 0.717) is 16.3 Å². The van der Waals surface area contributed by atoms with Crippen LogP contribution in [0.2, 0.25) is 10.0 Å². The van der Waals surface area contributed by atoms with Gasteiger partial charge in [-0.25, -0.2) is 0 Å². The Morgan fingerprint density at radius 3 is 2.62 bits per heavy atom. The number of amides is 1. The molecule has 0 aliphatic heterocycles. The highest BCUT2D eigenvalue weighted by atomic mass is 35.5. The summed E-state index contributed by atoms with van der Waals surface area (Å²) in [7, 11) is 1.52. The maximum Gasteiger partial charge on any atom is 0.254 e. The number of aromatic nitrogens is 1. The fraction of sp³-hybridized carbons (Fsp3) is 0.250. The number of carbonyl (C=O) groups excluding carboxylic acids is 1. The van der Waals surface area contributed by atoms with E-state index in [1.54, 1.807) is 6.92 Å². The second-order valence-electron chi connectivity index (χ2n) is 2.46. The first-order valence-corrected chi connectivity index (χ1v) is 4.36. The van der Waals surface area contributed by atoms with Crippen molar-refractivity contribution in [1.29, 1.82) is 0 Å². The van der Waals surface area contributed by atoms with E-state index >= 15 is 0 Å². The fourth-order valence-electron chi connectivity index (χ4n) is 0.845. The van der Waals surface area contributed by atoms with Crippen molar-refractivity contribution in [3.05, 3.63) is 27.5 Å². The molecule has 0 atom stereocenters. The molecule has 13 heavy (non-hydrogen) atoms. The van der Waals surface area contributed by atoms with Crippen LogP contribution in [-0.4, -0.2) is 17.9 Å². The van der Waals surface area contributed by atoms with E-state index in [4.69, 9.17) is 23.2 Å². The van der Waals surface area contributed by atoms with Crippen LogP contribution in [0.15, 0.2) is 6.20 Å². The summed E-state index contributed by atoms with van der Waals surface area (Å²) in [6.45, 7) is 1.72. The quantitative estimate of drug-likeness (QED) is 0.785. The zero-order valence-electron chi connectivity index (χ0n) is 7.19. The summed E-state index contributed by atoms with van der Waals surface area (Å²) in [4.78, 5) is 15.1. The lowest BCUT2D eigenvalue weighted by Crippen LogP contribution is -2.18. The number of hydrogen-bond acceptors (Lipinski definition) is 2. The maximum absolute atomic E-state index is 11.2. The van der Waals surface area contributed by atoms with Crippen molar-refractivity contribution in [2.24, 2.45) is 0 Å². The number of nitrogens with one attached hydrogen (secondary N) is 1.